The minimum atomic E-state index is -0.187. The van der Waals surface area contributed by atoms with Gasteiger partial charge in [-0.15, -0.1) is 0 Å². The lowest BCUT2D eigenvalue weighted by Gasteiger charge is -2.55. The van der Waals surface area contributed by atoms with E-state index in [4.69, 9.17) is 0 Å². The van der Waals surface area contributed by atoms with E-state index in [2.05, 4.69) is 0 Å². The van der Waals surface area contributed by atoms with Crippen molar-refractivity contribution in [3.8, 4) is 0 Å². The van der Waals surface area contributed by atoms with Crippen molar-refractivity contribution >= 4 is 0 Å². The molecule has 4 fully saturated rings. The van der Waals surface area contributed by atoms with Gasteiger partial charge in [0.2, 0.25) is 0 Å². The average Bonchev–Trinajstić information content (AvgIpc) is 2.07. The summed E-state index contributed by atoms with van der Waals surface area (Å²) in [6.45, 7) is 0. The third kappa shape index (κ3) is 0.775. The maximum atomic E-state index is 9.84. The lowest BCUT2D eigenvalue weighted by atomic mass is 9.54. The molecule has 68 valence electrons. The van der Waals surface area contributed by atoms with Gasteiger partial charge >= 0.3 is 0 Å². The van der Waals surface area contributed by atoms with Gasteiger partial charge in [-0.05, 0) is 43.4 Å². The smallest absolute Gasteiger partial charge is 0.0621 e. The largest absolute Gasteiger partial charge is 0.392 e. The summed E-state index contributed by atoms with van der Waals surface area (Å²) < 4.78 is 0. The van der Waals surface area contributed by atoms with E-state index >= 15 is 0 Å². The van der Waals surface area contributed by atoms with E-state index in [1.807, 2.05) is 0 Å². The SMILES string of the molecule is O[C@H]1C2CC3C[C@@H]1C[C@H](C3)[C@H]2O. The third-order valence-electron chi connectivity index (χ3n) is 4.33. The van der Waals surface area contributed by atoms with Crippen LogP contribution in [0.2, 0.25) is 0 Å². The summed E-state index contributed by atoms with van der Waals surface area (Å²) >= 11 is 0. The first kappa shape index (κ1) is 7.34. The van der Waals surface area contributed by atoms with Gasteiger partial charge in [0.15, 0.2) is 0 Å². The van der Waals surface area contributed by atoms with Crippen LogP contribution in [0.5, 0.6) is 0 Å². The highest BCUT2D eigenvalue weighted by molar-refractivity contribution is 5.02. The molecule has 0 saturated heterocycles. The Morgan fingerprint density at radius 1 is 0.750 bits per heavy atom. The summed E-state index contributed by atoms with van der Waals surface area (Å²) in [5.41, 5.74) is 0. The molecule has 4 aliphatic rings. The average molecular weight is 168 g/mol. The van der Waals surface area contributed by atoms with Gasteiger partial charge in [0.25, 0.3) is 0 Å². The molecular formula is C10H16O2. The first-order valence-corrected chi connectivity index (χ1v) is 5.12. The van der Waals surface area contributed by atoms with Crippen molar-refractivity contribution < 1.29 is 10.2 Å². The predicted octanol–water partition coefficient (Wildman–Crippen LogP) is 0.774. The molecule has 0 spiro atoms. The molecule has 6 atom stereocenters. The topological polar surface area (TPSA) is 40.5 Å². The summed E-state index contributed by atoms with van der Waals surface area (Å²) in [6.07, 6.45) is 4.23. The van der Waals surface area contributed by atoms with Crippen molar-refractivity contribution in [3.05, 3.63) is 0 Å². The van der Waals surface area contributed by atoms with Crippen LogP contribution in [0.3, 0.4) is 0 Å². The molecule has 0 aliphatic heterocycles. The van der Waals surface area contributed by atoms with Gasteiger partial charge in [0.1, 0.15) is 0 Å². The van der Waals surface area contributed by atoms with Crippen LogP contribution < -0.4 is 0 Å². The Kier molecular flexibility index (Phi) is 1.37. The monoisotopic (exact) mass is 168 g/mol. The summed E-state index contributed by atoms with van der Waals surface area (Å²) in [4.78, 5) is 0. The van der Waals surface area contributed by atoms with Gasteiger partial charge in [-0.2, -0.15) is 0 Å². The fourth-order valence-electron chi connectivity index (χ4n) is 3.85. The number of aliphatic hydroxyl groups excluding tert-OH is 2. The van der Waals surface area contributed by atoms with Crippen molar-refractivity contribution in [1.82, 2.24) is 0 Å². The summed E-state index contributed by atoms with van der Waals surface area (Å²) in [5.74, 6) is 2.10. The van der Waals surface area contributed by atoms with Crippen LogP contribution in [-0.4, -0.2) is 22.4 Å². The molecule has 2 heteroatoms. The maximum Gasteiger partial charge on any atom is 0.0621 e. The third-order valence-corrected chi connectivity index (χ3v) is 4.33. The van der Waals surface area contributed by atoms with Crippen molar-refractivity contribution in [2.45, 2.75) is 37.9 Å². The van der Waals surface area contributed by atoms with Crippen LogP contribution in [-0.2, 0) is 0 Å². The zero-order valence-electron chi connectivity index (χ0n) is 7.19. The van der Waals surface area contributed by atoms with E-state index in [0.29, 0.717) is 11.8 Å². The van der Waals surface area contributed by atoms with Crippen LogP contribution in [0, 0.1) is 23.7 Å². The van der Waals surface area contributed by atoms with Gasteiger partial charge < -0.3 is 10.2 Å². The van der Waals surface area contributed by atoms with Crippen molar-refractivity contribution in [3.63, 3.8) is 0 Å². The Bertz CT molecular complexity index is 186. The van der Waals surface area contributed by atoms with Crippen molar-refractivity contribution in [1.29, 1.82) is 0 Å². The summed E-state index contributed by atoms with van der Waals surface area (Å²) in [7, 11) is 0. The second kappa shape index (κ2) is 2.24. The van der Waals surface area contributed by atoms with Crippen LogP contribution in [0.4, 0.5) is 0 Å². The second-order valence-corrected chi connectivity index (χ2v) is 4.97. The maximum absolute atomic E-state index is 9.84. The molecule has 4 aliphatic carbocycles. The van der Waals surface area contributed by atoms with Gasteiger partial charge in [0, 0.05) is 5.92 Å². The fourth-order valence-corrected chi connectivity index (χ4v) is 3.85. The first-order chi connectivity index (χ1) is 5.75. The lowest BCUT2D eigenvalue weighted by molar-refractivity contribution is -0.161. The normalized spacial score (nSPS) is 62.5. The van der Waals surface area contributed by atoms with Crippen LogP contribution >= 0.6 is 0 Å². The molecule has 2 unspecified atom stereocenters. The highest BCUT2D eigenvalue weighted by Crippen LogP contribution is 2.53. The molecule has 12 heavy (non-hydrogen) atoms. The molecule has 0 amide bonds. The molecule has 0 radical (unpaired) electrons. The van der Waals surface area contributed by atoms with Gasteiger partial charge in [-0.25, -0.2) is 0 Å². The first-order valence-electron chi connectivity index (χ1n) is 5.12. The zero-order valence-corrected chi connectivity index (χ0v) is 7.19. The van der Waals surface area contributed by atoms with Crippen molar-refractivity contribution in [2.24, 2.45) is 23.7 Å². The zero-order chi connectivity index (χ0) is 8.29. The van der Waals surface area contributed by atoms with E-state index < -0.39 is 0 Å². The van der Waals surface area contributed by atoms with Gasteiger partial charge in [0.05, 0.1) is 12.2 Å². The van der Waals surface area contributed by atoms with Crippen LogP contribution in [0.1, 0.15) is 25.7 Å². The Hall–Kier alpha value is -0.0800. The molecule has 0 aromatic heterocycles. The van der Waals surface area contributed by atoms with Crippen LogP contribution in [0.25, 0.3) is 0 Å². The van der Waals surface area contributed by atoms with E-state index in [9.17, 15) is 10.2 Å². The molecule has 0 aromatic carbocycles. The minimum absolute atomic E-state index is 0.187. The lowest BCUT2D eigenvalue weighted by Crippen LogP contribution is -2.55. The molecule has 4 saturated carbocycles. The van der Waals surface area contributed by atoms with E-state index in [1.165, 1.54) is 12.8 Å². The number of hydrogen-bond donors (Lipinski definition) is 2. The predicted molar refractivity (Wildman–Crippen MR) is 44.4 cm³/mol. The van der Waals surface area contributed by atoms with E-state index in [-0.39, 0.29) is 18.1 Å². The highest BCUT2D eigenvalue weighted by atomic mass is 16.3. The molecule has 4 rings (SSSR count). The quantitative estimate of drug-likeness (QED) is 0.561. The Labute approximate surface area is 72.6 Å². The Morgan fingerprint density at radius 2 is 1.33 bits per heavy atom. The molecule has 2 N–H and O–H groups in total. The molecule has 2 nitrogen and oxygen atoms in total. The fraction of sp³-hybridized carbons (Fsp3) is 1.00. The summed E-state index contributed by atoms with van der Waals surface area (Å²) in [5, 5.41) is 19.7. The highest BCUT2D eigenvalue weighted by Gasteiger charge is 2.52. The van der Waals surface area contributed by atoms with Gasteiger partial charge in [-0.3, -0.25) is 0 Å². The number of aliphatic hydroxyl groups is 2. The molecule has 4 bridgehead atoms. The molecule has 0 aromatic rings. The Morgan fingerprint density at radius 3 is 1.92 bits per heavy atom. The van der Waals surface area contributed by atoms with Gasteiger partial charge in [-0.1, -0.05) is 0 Å². The van der Waals surface area contributed by atoms with E-state index in [1.54, 1.807) is 0 Å². The van der Waals surface area contributed by atoms with E-state index in [0.717, 1.165) is 18.8 Å². The van der Waals surface area contributed by atoms with Crippen molar-refractivity contribution in [2.75, 3.05) is 0 Å². The summed E-state index contributed by atoms with van der Waals surface area (Å²) in [6, 6.07) is 0. The molecule has 0 heterocycles. The molecular weight excluding hydrogens is 152 g/mol. The minimum Gasteiger partial charge on any atom is -0.392 e. The number of rotatable bonds is 0. The second-order valence-electron chi connectivity index (χ2n) is 4.97. The van der Waals surface area contributed by atoms with Crippen LogP contribution in [0.15, 0.2) is 0 Å². The standard InChI is InChI=1S/C10H16O2/c11-9-6-1-5-2-7(4-6)10(12)8(9)3-5/h5-12H,1-4H2/t5?,6-,7+,8?,9-,10-/m1/s1. The Balaban J connectivity index is 1.93. The number of hydrogen-bond acceptors (Lipinski definition) is 2.